The third-order valence-electron chi connectivity index (χ3n) is 4.08. The molecule has 0 fully saturated rings. The van der Waals surface area contributed by atoms with Gasteiger partial charge in [0, 0.05) is 6.92 Å². The number of ether oxygens (including phenoxy) is 2. The van der Waals surface area contributed by atoms with Crippen LogP contribution in [-0.4, -0.2) is 34.1 Å². The van der Waals surface area contributed by atoms with Crippen molar-refractivity contribution in [3.63, 3.8) is 0 Å². The molecule has 1 N–H and O–H groups in total. The second-order valence-electron chi connectivity index (χ2n) is 6.14. The first-order chi connectivity index (χ1) is 12.7. The van der Waals surface area contributed by atoms with Crippen molar-refractivity contribution in [2.75, 3.05) is 23.3 Å². The summed E-state index contributed by atoms with van der Waals surface area (Å²) >= 11 is 6.05. The zero-order valence-corrected chi connectivity index (χ0v) is 16.6. The van der Waals surface area contributed by atoms with Crippen LogP contribution in [0.5, 0.6) is 11.5 Å². The molecule has 0 saturated carbocycles. The largest absolute Gasteiger partial charge is 0.495 e. The van der Waals surface area contributed by atoms with Gasteiger partial charge in [0.2, 0.25) is 5.91 Å². The molecule has 0 spiro atoms. The number of nitrogens with one attached hydrogen (secondary N) is 1. The van der Waals surface area contributed by atoms with Crippen LogP contribution in [0.25, 0.3) is 0 Å². The molecule has 1 aliphatic rings. The molecule has 1 amide bonds. The SMILES string of the molecule is COc1ccc(NS(=O)(=O)c2ccc3c(c2)N(C(C)=O)C[C@H](C)O3)cc1Cl. The van der Waals surface area contributed by atoms with E-state index in [1.807, 2.05) is 6.92 Å². The number of anilines is 2. The molecule has 27 heavy (non-hydrogen) atoms. The van der Waals surface area contributed by atoms with Crippen LogP contribution in [0.3, 0.4) is 0 Å². The van der Waals surface area contributed by atoms with Crippen LogP contribution < -0.4 is 19.1 Å². The maximum Gasteiger partial charge on any atom is 0.261 e. The third-order valence-corrected chi connectivity index (χ3v) is 5.76. The average molecular weight is 411 g/mol. The van der Waals surface area contributed by atoms with Crippen molar-refractivity contribution in [2.24, 2.45) is 0 Å². The molecule has 2 aromatic rings. The lowest BCUT2D eigenvalue weighted by Crippen LogP contribution is -2.41. The van der Waals surface area contributed by atoms with E-state index in [0.29, 0.717) is 29.4 Å². The molecule has 7 nitrogen and oxygen atoms in total. The van der Waals surface area contributed by atoms with Gasteiger partial charge in [-0.1, -0.05) is 11.6 Å². The van der Waals surface area contributed by atoms with Gasteiger partial charge in [0.1, 0.15) is 17.6 Å². The summed E-state index contributed by atoms with van der Waals surface area (Å²) in [6, 6.07) is 8.99. The second-order valence-corrected chi connectivity index (χ2v) is 8.23. The molecular formula is C18H19ClN2O5S. The van der Waals surface area contributed by atoms with E-state index >= 15 is 0 Å². The number of amides is 1. The van der Waals surface area contributed by atoms with Crippen LogP contribution in [0.2, 0.25) is 5.02 Å². The summed E-state index contributed by atoms with van der Waals surface area (Å²) in [5.41, 5.74) is 0.725. The van der Waals surface area contributed by atoms with E-state index in [0.717, 1.165) is 0 Å². The Balaban J connectivity index is 1.95. The Morgan fingerprint density at radius 1 is 1.30 bits per heavy atom. The molecular weight excluding hydrogens is 392 g/mol. The Hall–Kier alpha value is -2.45. The molecule has 3 rings (SSSR count). The Bertz CT molecular complexity index is 993. The van der Waals surface area contributed by atoms with Gasteiger partial charge in [-0.2, -0.15) is 0 Å². The number of halogens is 1. The van der Waals surface area contributed by atoms with Crippen LogP contribution in [0, 0.1) is 0 Å². The highest BCUT2D eigenvalue weighted by Gasteiger charge is 2.28. The Morgan fingerprint density at radius 3 is 2.67 bits per heavy atom. The van der Waals surface area contributed by atoms with Crippen molar-refractivity contribution in [3.05, 3.63) is 41.4 Å². The maximum atomic E-state index is 12.8. The first-order valence-corrected chi connectivity index (χ1v) is 10.0. The Morgan fingerprint density at radius 2 is 2.04 bits per heavy atom. The number of nitrogens with zero attached hydrogens (tertiary/aromatic N) is 1. The number of carbonyl (C=O) groups is 1. The molecule has 0 radical (unpaired) electrons. The summed E-state index contributed by atoms with van der Waals surface area (Å²) in [7, 11) is -2.41. The highest BCUT2D eigenvalue weighted by molar-refractivity contribution is 7.92. The minimum atomic E-state index is -3.89. The maximum absolute atomic E-state index is 12.8. The molecule has 1 atom stereocenters. The number of hydrogen-bond donors (Lipinski definition) is 1. The van der Waals surface area contributed by atoms with Gasteiger partial charge in [0.25, 0.3) is 10.0 Å². The van der Waals surface area contributed by atoms with Gasteiger partial charge in [0.15, 0.2) is 0 Å². The minimum absolute atomic E-state index is 0.0117. The minimum Gasteiger partial charge on any atom is -0.495 e. The number of benzene rings is 2. The van der Waals surface area contributed by atoms with E-state index in [4.69, 9.17) is 21.1 Å². The third kappa shape index (κ3) is 3.96. The fourth-order valence-electron chi connectivity index (χ4n) is 2.83. The average Bonchev–Trinajstić information content (AvgIpc) is 2.60. The van der Waals surface area contributed by atoms with Crippen molar-refractivity contribution in [2.45, 2.75) is 24.8 Å². The lowest BCUT2D eigenvalue weighted by Gasteiger charge is -2.33. The van der Waals surface area contributed by atoms with Crippen LogP contribution in [0.15, 0.2) is 41.3 Å². The molecule has 0 aliphatic carbocycles. The van der Waals surface area contributed by atoms with E-state index in [2.05, 4.69) is 4.72 Å². The van der Waals surface area contributed by atoms with Gasteiger partial charge in [0.05, 0.1) is 34.9 Å². The summed E-state index contributed by atoms with van der Waals surface area (Å²) in [5.74, 6) is 0.725. The molecule has 1 aliphatic heterocycles. The summed E-state index contributed by atoms with van der Waals surface area (Å²) in [6.45, 7) is 3.63. The number of methoxy groups -OCH3 is 1. The topological polar surface area (TPSA) is 84.9 Å². The molecule has 2 aromatic carbocycles. The predicted octanol–water partition coefficient (Wildman–Crippen LogP) is 3.28. The zero-order chi connectivity index (χ0) is 19.8. The number of sulfonamides is 1. The first kappa shape index (κ1) is 19.3. The van der Waals surface area contributed by atoms with Gasteiger partial charge >= 0.3 is 0 Å². The fraction of sp³-hybridized carbons (Fsp3) is 0.278. The van der Waals surface area contributed by atoms with Crippen molar-refractivity contribution in [3.8, 4) is 11.5 Å². The van der Waals surface area contributed by atoms with Crippen molar-refractivity contribution in [1.29, 1.82) is 0 Å². The van der Waals surface area contributed by atoms with Crippen molar-refractivity contribution >= 4 is 38.9 Å². The van der Waals surface area contributed by atoms with Crippen LogP contribution in [-0.2, 0) is 14.8 Å². The lowest BCUT2D eigenvalue weighted by molar-refractivity contribution is -0.117. The van der Waals surface area contributed by atoms with E-state index < -0.39 is 10.0 Å². The fourth-order valence-corrected chi connectivity index (χ4v) is 4.15. The van der Waals surface area contributed by atoms with E-state index in [9.17, 15) is 13.2 Å². The second kappa shape index (κ2) is 7.28. The first-order valence-electron chi connectivity index (χ1n) is 8.16. The van der Waals surface area contributed by atoms with Gasteiger partial charge in [-0.25, -0.2) is 8.42 Å². The highest BCUT2D eigenvalue weighted by atomic mass is 35.5. The Labute approximate surface area is 162 Å². The van der Waals surface area contributed by atoms with Gasteiger partial charge < -0.3 is 14.4 Å². The van der Waals surface area contributed by atoms with Crippen molar-refractivity contribution in [1.82, 2.24) is 0 Å². The van der Waals surface area contributed by atoms with E-state index in [-0.39, 0.29) is 21.9 Å². The summed E-state index contributed by atoms with van der Waals surface area (Å²) < 4.78 is 38.8. The standard InChI is InChI=1S/C18H19ClN2O5S/c1-11-10-21(12(2)22)16-9-14(5-7-18(16)26-11)27(23,24)20-13-4-6-17(25-3)15(19)8-13/h4-9,11,20H,10H2,1-3H3/t11-/m0/s1. The normalized spacial score (nSPS) is 16.3. The van der Waals surface area contributed by atoms with Crippen LogP contribution >= 0.6 is 11.6 Å². The number of hydrogen-bond acceptors (Lipinski definition) is 5. The highest BCUT2D eigenvalue weighted by Crippen LogP contribution is 2.36. The predicted molar refractivity (Wildman–Crippen MR) is 103 cm³/mol. The van der Waals surface area contributed by atoms with Gasteiger partial charge in [-0.3, -0.25) is 9.52 Å². The van der Waals surface area contributed by atoms with E-state index in [1.165, 1.54) is 37.1 Å². The number of carbonyl (C=O) groups excluding carboxylic acids is 1. The number of rotatable bonds is 4. The Kier molecular flexibility index (Phi) is 5.21. The van der Waals surface area contributed by atoms with Gasteiger partial charge in [-0.05, 0) is 43.3 Å². The number of fused-ring (bicyclic) bond motifs is 1. The summed E-state index contributed by atoms with van der Waals surface area (Å²) in [5, 5.41) is 0.285. The van der Waals surface area contributed by atoms with Crippen molar-refractivity contribution < 1.29 is 22.7 Å². The molecule has 0 saturated heterocycles. The summed E-state index contributed by atoms with van der Waals surface area (Å²) in [6.07, 6.45) is -0.177. The van der Waals surface area contributed by atoms with E-state index in [1.54, 1.807) is 18.2 Å². The van der Waals surface area contributed by atoms with Crippen LogP contribution in [0.4, 0.5) is 11.4 Å². The monoisotopic (exact) mass is 410 g/mol. The molecule has 0 unspecified atom stereocenters. The van der Waals surface area contributed by atoms with Gasteiger partial charge in [-0.15, -0.1) is 0 Å². The van der Waals surface area contributed by atoms with Crippen LogP contribution in [0.1, 0.15) is 13.8 Å². The molecule has 0 aromatic heterocycles. The molecule has 144 valence electrons. The summed E-state index contributed by atoms with van der Waals surface area (Å²) in [4.78, 5) is 13.5. The quantitative estimate of drug-likeness (QED) is 0.836. The zero-order valence-electron chi connectivity index (χ0n) is 15.0. The molecule has 9 heteroatoms. The molecule has 0 bridgehead atoms. The smallest absolute Gasteiger partial charge is 0.261 e. The lowest BCUT2D eigenvalue weighted by atomic mass is 10.2. The molecule has 1 heterocycles.